The quantitative estimate of drug-likeness (QED) is 0.586. The summed E-state index contributed by atoms with van der Waals surface area (Å²) in [6, 6.07) is 10.0. The molecule has 31 heavy (non-hydrogen) atoms. The van der Waals surface area contributed by atoms with Crippen molar-refractivity contribution in [3.05, 3.63) is 70.0 Å². The normalized spacial score (nSPS) is 11.7. The molecule has 2 heterocycles. The first kappa shape index (κ1) is 21.9. The van der Waals surface area contributed by atoms with Gasteiger partial charge in [-0.25, -0.2) is 14.3 Å². The van der Waals surface area contributed by atoms with Gasteiger partial charge in [-0.05, 0) is 45.4 Å². The lowest BCUT2D eigenvalue weighted by atomic mass is 10.1. The molecule has 0 fully saturated rings. The number of nitrogens with one attached hydrogen (secondary N) is 1. The van der Waals surface area contributed by atoms with E-state index in [0.29, 0.717) is 23.5 Å². The molecule has 0 saturated carbocycles. The number of rotatable bonds is 7. The van der Waals surface area contributed by atoms with Crippen molar-refractivity contribution >= 4 is 17.7 Å². The highest BCUT2D eigenvalue weighted by atomic mass is 16.5. The third-order valence-electron chi connectivity index (χ3n) is 4.78. The maximum absolute atomic E-state index is 13.3. The van der Waals surface area contributed by atoms with Crippen LogP contribution in [-0.2, 0) is 9.53 Å². The van der Waals surface area contributed by atoms with Gasteiger partial charge in [-0.1, -0.05) is 25.1 Å². The number of benzene rings is 1. The Morgan fingerprint density at radius 3 is 2.48 bits per heavy atom. The van der Waals surface area contributed by atoms with Crippen molar-refractivity contribution in [3.8, 4) is 5.69 Å². The number of carbonyl (C=O) groups is 2. The smallest absolute Gasteiger partial charge is 0.348 e. The van der Waals surface area contributed by atoms with Crippen molar-refractivity contribution in [1.29, 1.82) is 0 Å². The second kappa shape index (κ2) is 9.38. The number of esters is 1. The highest BCUT2D eigenvalue weighted by Gasteiger charge is 2.27. The molecule has 1 amide bonds. The number of carbonyl (C=O) groups excluding carboxylic acids is 2. The van der Waals surface area contributed by atoms with Gasteiger partial charge in [0, 0.05) is 11.4 Å². The van der Waals surface area contributed by atoms with Crippen molar-refractivity contribution < 1.29 is 14.3 Å². The summed E-state index contributed by atoms with van der Waals surface area (Å²) in [5.74, 6) is -0.876. The number of ether oxygens (including phenoxy) is 1. The fourth-order valence-corrected chi connectivity index (χ4v) is 3.42. The first-order chi connectivity index (χ1) is 14.9. The summed E-state index contributed by atoms with van der Waals surface area (Å²) in [7, 11) is 0. The summed E-state index contributed by atoms with van der Waals surface area (Å²) in [5, 5.41) is 7.06. The van der Waals surface area contributed by atoms with Crippen LogP contribution in [0, 0.1) is 13.8 Å². The lowest BCUT2D eigenvalue weighted by molar-refractivity contribution is -0.119. The van der Waals surface area contributed by atoms with E-state index in [1.54, 1.807) is 45.9 Å². The zero-order valence-electron chi connectivity index (χ0n) is 18.0. The molecule has 1 N–H and O–H groups in total. The number of para-hydroxylation sites is 1. The number of nitrogens with zero attached hydrogens (tertiary/aromatic N) is 4. The minimum absolute atomic E-state index is 0.125. The zero-order chi connectivity index (χ0) is 22.5. The van der Waals surface area contributed by atoms with Gasteiger partial charge < -0.3 is 10.1 Å². The molecule has 0 aliphatic carbocycles. The third-order valence-corrected chi connectivity index (χ3v) is 4.78. The maximum atomic E-state index is 13.3. The molecule has 1 aromatic carbocycles. The van der Waals surface area contributed by atoms with Gasteiger partial charge in [0.15, 0.2) is 5.82 Å². The zero-order valence-corrected chi connectivity index (χ0v) is 18.0. The number of aromatic nitrogens is 4. The molecule has 9 nitrogen and oxygen atoms in total. The SMILES string of the molecule is CCOC(=O)c1cnn(-c2ccccc2)c1NC(=O)C(CC)n1c(C)cc(C)nc1=O. The maximum Gasteiger partial charge on any atom is 0.348 e. The van der Waals surface area contributed by atoms with Crippen molar-refractivity contribution in [2.45, 2.75) is 40.2 Å². The highest BCUT2D eigenvalue weighted by molar-refractivity contribution is 6.01. The van der Waals surface area contributed by atoms with Gasteiger partial charge in [-0.2, -0.15) is 10.1 Å². The molecule has 3 aromatic rings. The van der Waals surface area contributed by atoms with Crippen LogP contribution in [0.15, 0.2) is 47.4 Å². The van der Waals surface area contributed by atoms with Crippen LogP contribution in [0.4, 0.5) is 5.82 Å². The Kier molecular flexibility index (Phi) is 6.64. The molecule has 1 atom stereocenters. The van der Waals surface area contributed by atoms with E-state index in [9.17, 15) is 14.4 Å². The van der Waals surface area contributed by atoms with Gasteiger partial charge in [0.1, 0.15) is 11.6 Å². The van der Waals surface area contributed by atoms with Gasteiger partial charge in [-0.3, -0.25) is 9.36 Å². The van der Waals surface area contributed by atoms with Gasteiger partial charge in [0.25, 0.3) is 0 Å². The molecule has 3 rings (SSSR count). The third kappa shape index (κ3) is 4.55. The fraction of sp³-hybridized carbons (Fsp3) is 0.318. The molecule has 9 heteroatoms. The molecule has 0 bridgehead atoms. The number of aryl methyl sites for hydroxylation is 2. The molecule has 0 saturated heterocycles. The van der Waals surface area contributed by atoms with E-state index in [4.69, 9.17) is 4.74 Å². The van der Waals surface area contributed by atoms with Crippen LogP contribution in [-0.4, -0.2) is 37.8 Å². The van der Waals surface area contributed by atoms with E-state index < -0.39 is 23.6 Å². The van der Waals surface area contributed by atoms with Crippen LogP contribution in [0.25, 0.3) is 5.69 Å². The van der Waals surface area contributed by atoms with Crippen LogP contribution < -0.4 is 11.0 Å². The summed E-state index contributed by atoms with van der Waals surface area (Å²) < 4.78 is 7.93. The summed E-state index contributed by atoms with van der Waals surface area (Å²) in [4.78, 5) is 42.2. The van der Waals surface area contributed by atoms with Crippen LogP contribution in [0.1, 0.15) is 48.1 Å². The topological polar surface area (TPSA) is 108 Å². The first-order valence-electron chi connectivity index (χ1n) is 10.1. The second-order valence-corrected chi connectivity index (χ2v) is 6.98. The van der Waals surface area contributed by atoms with E-state index in [1.807, 2.05) is 18.2 Å². The molecule has 0 spiro atoms. The van der Waals surface area contributed by atoms with E-state index >= 15 is 0 Å². The minimum Gasteiger partial charge on any atom is -0.462 e. The summed E-state index contributed by atoms with van der Waals surface area (Å²) in [6.07, 6.45) is 1.71. The van der Waals surface area contributed by atoms with Gasteiger partial charge in [-0.15, -0.1) is 0 Å². The summed E-state index contributed by atoms with van der Waals surface area (Å²) >= 11 is 0. The van der Waals surface area contributed by atoms with Crippen molar-refractivity contribution in [2.75, 3.05) is 11.9 Å². The molecule has 0 radical (unpaired) electrons. The number of amides is 1. The van der Waals surface area contributed by atoms with E-state index in [1.165, 1.54) is 15.4 Å². The molecule has 0 aliphatic rings. The molecular formula is C22H25N5O4. The Bertz CT molecular complexity index is 1150. The predicted octanol–water partition coefficient (Wildman–Crippen LogP) is 2.81. The Labute approximate surface area is 179 Å². The molecule has 0 aliphatic heterocycles. The van der Waals surface area contributed by atoms with Crippen molar-refractivity contribution in [3.63, 3.8) is 0 Å². The van der Waals surface area contributed by atoms with E-state index in [2.05, 4.69) is 15.4 Å². The lowest BCUT2D eigenvalue weighted by Crippen LogP contribution is -2.36. The Balaban J connectivity index is 2.04. The Morgan fingerprint density at radius 2 is 1.87 bits per heavy atom. The largest absolute Gasteiger partial charge is 0.462 e. The average Bonchev–Trinajstić information content (AvgIpc) is 3.14. The lowest BCUT2D eigenvalue weighted by Gasteiger charge is -2.20. The van der Waals surface area contributed by atoms with Crippen LogP contribution in [0.3, 0.4) is 0 Å². The number of hydrogen-bond donors (Lipinski definition) is 1. The predicted molar refractivity (Wildman–Crippen MR) is 115 cm³/mol. The van der Waals surface area contributed by atoms with Crippen LogP contribution >= 0.6 is 0 Å². The average molecular weight is 423 g/mol. The first-order valence-corrected chi connectivity index (χ1v) is 10.1. The minimum atomic E-state index is -0.810. The van der Waals surface area contributed by atoms with E-state index in [0.717, 1.165) is 0 Å². The fourth-order valence-electron chi connectivity index (χ4n) is 3.42. The Morgan fingerprint density at radius 1 is 1.16 bits per heavy atom. The van der Waals surface area contributed by atoms with Crippen LogP contribution in [0.5, 0.6) is 0 Å². The standard InChI is InChI=1S/C22H25N5O4/c1-5-18(26-15(4)12-14(3)24-22(26)30)20(28)25-19-17(21(29)31-6-2)13-23-27(19)16-10-8-7-9-11-16/h7-13,18H,5-6H2,1-4H3,(H,25,28). The molecule has 1 unspecified atom stereocenters. The van der Waals surface area contributed by atoms with Gasteiger partial charge >= 0.3 is 11.7 Å². The monoisotopic (exact) mass is 423 g/mol. The summed E-state index contributed by atoms with van der Waals surface area (Å²) in [5.41, 5.74) is 1.50. The molecule has 2 aromatic heterocycles. The summed E-state index contributed by atoms with van der Waals surface area (Å²) in [6.45, 7) is 7.17. The van der Waals surface area contributed by atoms with Gasteiger partial charge in [0.2, 0.25) is 5.91 Å². The van der Waals surface area contributed by atoms with Crippen molar-refractivity contribution in [2.24, 2.45) is 0 Å². The van der Waals surface area contributed by atoms with Gasteiger partial charge in [0.05, 0.1) is 18.5 Å². The molecular weight excluding hydrogens is 398 g/mol. The van der Waals surface area contributed by atoms with Crippen molar-refractivity contribution in [1.82, 2.24) is 19.3 Å². The number of anilines is 1. The number of hydrogen-bond acceptors (Lipinski definition) is 6. The Hall–Kier alpha value is -3.75. The second-order valence-electron chi connectivity index (χ2n) is 6.98. The highest BCUT2D eigenvalue weighted by Crippen LogP contribution is 2.23. The van der Waals surface area contributed by atoms with E-state index in [-0.39, 0.29) is 18.0 Å². The molecule has 162 valence electrons. The van der Waals surface area contributed by atoms with Crippen LogP contribution in [0.2, 0.25) is 0 Å².